The molecular weight excluding hydrogens is 470 g/mol. The van der Waals surface area contributed by atoms with Crippen molar-refractivity contribution in [1.29, 1.82) is 0 Å². The van der Waals surface area contributed by atoms with E-state index in [-0.39, 0.29) is 6.42 Å². The summed E-state index contributed by atoms with van der Waals surface area (Å²) >= 11 is 0. The number of esters is 3. The van der Waals surface area contributed by atoms with Crippen molar-refractivity contribution in [2.75, 3.05) is 0 Å². The molecule has 0 aliphatic carbocycles. The Labute approximate surface area is 214 Å². The highest BCUT2D eigenvalue weighted by Gasteiger charge is 2.60. The smallest absolute Gasteiger partial charge is 0.417 e. The van der Waals surface area contributed by atoms with E-state index < -0.39 is 76.6 Å². The van der Waals surface area contributed by atoms with E-state index in [2.05, 4.69) is 0 Å². The number of hydrogen-bond donors (Lipinski definition) is 0. The van der Waals surface area contributed by atoms with Crippen molar-refractivity contribution < 1.29 is 42.9 Å². The molecule has 1 saturated heterocycles. The van der Waals surface area contributed by atoms with Gasteiger partial charge in [0.2, 0.25) is 5.91 Å². The zero-order chi connectivity index (χ0) is 28.5. The van der Waals surface area contributed by atoms with Crippen LogP contribution in [0.25, 0.3) is 0 Å². The van der Waals surface area contributed by atoms with Gasteiger partial charge in [0.05, 0.1) is 18.3 Å². The number of imide groups is 1. The molecule has 0 aromatic rings. The molecule has 1 heterocycles. The fraction of sp³-hybridized carbons (Fsp3) is 0.808. The summed E-state index contributed by atoms with van der Waals surface area (Å²) in [6.07, 6.45) is -2.49. The molecule has 36 heavy (non-hydrogen) atoms. The molecule has 0 aromatic heterocycles. The number of carbonyl (C=O) groups excluding carboxylic acids is 5. The van der Waals surface area contributed by atoms with Crippen LogP contribution in [-0.4, -0.2) is 63.3 Å². The summed E-state index contributed by atoms with van der Waals surface area (Å²) in [6.45, 7) is 19.8. The van der Waals surface area contributed by atoms with Gasteiger partial charge < -0.3 is 18.9 Å². The summed E-state index contributed by atoms with van der Waals surface area (Å²) < 4.78 is 21.7. The highest BCUT2D eigenvalue weighted by atomic mass is 16.6. The Bertz CT molecular complexity index is 849. The summed E-state index contributed by atoms with van der Waals surface area (Å²) in [4.78, 5) is 66.5. The minimum atomic E-state index is -1.77. The highest BCUT2D eigenvalue weighted by molar-refractivity contribution is 6.05. The fourth-order valence-electron chi connectivity index (χ4n) is 3.69. The molecule has 0 unspecified atom stereocenters. The lowest BCUT2D eigenvalue weighted by Crippen LogP contribution is -2.48. The van der Waals surface area contributed by atoms with Crippen LogP contribution in [0.15, 0.2) is 0 Å². The third kappa shape index (κ3) is 9.78. The molecule has 1 fully saturated rings. The summed E-state index contributed by atoms with van der Waals surface area (Å²) in [5.41, 5.74) is -5.38. The Morgan fingerprint density at radius 3 is 1.39 bits per heavy atom. The van der Waals surface area contributed by atoms with Gasteiger partial charge in [-0.25, -0.2) is 14.5 Å². The highest BCUT2D eigenvalue weighted by Crippen LogP contribution is 2.45. The molecule has 1 atom stereocenters. The second kappa shape index (κ2) is 10.4. The Morgan fingerprint density at radius 1 is 0.694 bits per heavy atom. The van der Waals surface area contributed by atoms with Gasteiger partial charge >= 0.3 is 24.0 Å². The van der Waals surface area contributed by atoms with Crippen LogP contribution in [0, 0.1) is 5.41 Å². The zero-order valence-electron chi connectivity index (χ0n) is 23.8. The minimum Gasteiger partial charge on any atom is -0.460 e. The topological polar surface area (TPSA) is 126 Å². The van der Waals surface area contributed by atoms with Crippen molar-refractivity contribution in [1.82, 2.24) is 4.90 Å². The maximum Gasteiger partial charge on any atom is 0.417 e. The van der Waals surface area contributed by atoms with Crippen molar-refractivity contribution in [2.24, 2.45) is 5.41 Å². The van der Waals surface area contributed by atoms with Crippen LogP contribution in [0.4, 0.5) is 4.79 Å². The summed E-state index contributed by atoms with van der Waals surface area (Å²) in [7, 11) is 0. The van der Waals surface area contributed by atoms with E-state index in [1.165, 1.54) is 0 Å². The predicted molar refractivity (Wildman–Crippen MR) is 131 cm³/mol. The second-order valence-electron chi connectivity index (χ2n) is 13.2. The van der Waals surface area contributed by atoms with Crippen molar-refractivity contribution in [2.45, 2.75) is 131 Å². The fourth-order valence-corrected chi connectivity index (χ4v) is 3.69. The summed E-state index contributed by atoms with van der Waals surface area (Å²) in [5, 5.41) is 0. The molecule has 10 nitrogen and oxygen atoms in total. The van der Waals surface area contributed by atoms with Crippen LogP contribution < -0.4 is 0 Å². The first kappa shape index (κ1) is 31.4. The van der Waals surface area contributed by atoms with E-state index >= 15 is 0 Å². The molecular formula is C26H43NO9. The van der Waals surface area contributed by atoms with Gasteiger partial charge in [-0.05, 0) is 89.5 Å². The van der Waals surface area contributed by atoms with Gasteiger partial charge in [-0.1, -0.05) is 0 Å². The van der Waals surface area contributed by atoms with Gasteiger partial charge in [0, 0.05) is 0 Å². The number of rotatable bonds is 5. The predicted octanol–water partition coefficient (Wildman–Crippen LogP) is 4.31. The molecule has 0 saturated carbocycles. The molecule has 0 aromatic carbocycles. The quantitative estimate of drug-likeness (QED) is 0.390. The first-order valence-electron chi connectivity index (χ1n) is 12.1. The number of nitrogens with zero attached hydrogens (tertiary/aromatic N) is 1. The van der Waals surface area contributed by atoms with Gasteiger partial charge in [0.25, 0.3) is 0 Å². The molecule has 0 bridgehead atoms. The number of ether oxygens (including phenoxy) is 4. The van der Waals surface area contributed by atoms with Crippen LogP contribution in [-0.2, 0) is 38.1 Å². The Kier molecular flexibility index (Phi) is 9.05. The minimum absolute atomic E-state index is 0.335. The van der Waals surface area contributed by atoms with E-state index in [0.717, 1.165) is 0 Å². The van der Waals surface area contributed by atoms with Crippen LogP contribution in [0.3, 0.4) is 0 Å². The van der Waals surface area contributed by atoms with Gasteiger partial charge in [-0.2, -0.15) is 0 Å². The van der Waals surface area contributed by atoms with E-state index in [4.69, 9.17) is 18.9 Å². The molecule has 206 valence electrons. The number of hydrogen-bond acceptors (Lipinski definition) is 9. The first-order valence-corrected chi connectivity index (χ1v) is 12.1. The molecule has 10 heteroatoms. The third-order valence-electron chi connectivity index (χ3n) is 4.64. The van der Waals surface area contributed by atoms with E-state index in [1.54, 1.807) is 83.1 Å². The molecule has 1 aliphatic heterocycles. The SMILES string of the molecule is CC(C)(C)OC(=O)CC1(CC(=O)OC(C)(C)C)C[C@@H](C(=O)OC(C)(C)C)N(C(=O)OC(C)(C)C)C1=O. The van der Waals surface area contributed by atoms with Crippen LogP contribution in [0.5, 0.6) is 0 Å². The van der Waals surface area contributed by atoms with Gasteiger partial charge in [-0.15, -0.1) is 0 Å². The van der Waals surface area contributed by atoms with Crippen LogP contribution in [0.1, 0.15) is 102 Å². The Morgan fingerprint density at radius 2 is 1.06 bits per heavy atom. The number of carbonyl (C=O) groups is 5. The van der Waals surface area contributed by atoms with E-state index in [0.29, 0.717) is 4.90 Å². The third-order valence-corrected chi connectivity index (χ3v) is 4.64. The maximum absolute atomic E-state index is 13.8. The molecule has 2 amide bonds. The Hall–Kier alpha value is -2.65. The normalized spacial score (nSPS) is 18.5. The average molecular weight is 514 g/mol. The summed E-state index contributed by atoms with van der Waals surface area (Å²) in [6, 6.07) is -1.41. The number of likely N-dealkylation sites (tertiary alicyclic amines) is 1. The lowest BCUT2D eigenvalue weighted by atomic mass is 9.78. The standard InChI is InChI=1S/C26H43NO9/c1-22(2,3)33-17(28)14-26(15-18(29)34-23(4,5)6)13-16(19(30)35-24(7,8)9)27(20(26)31)21(32)36-25(10,11)12/h16H,13-15H2,1-12H3/t16-/m0/s1. The molecule has 0 N–H and O–H groups in total. The zero-order valence-corrected chi connectivity index (χ0v) is 23.8. The molecule has 0 radical (unpaired) electrons. The van der Waals surface area contributed by atoms with Crippen molar-refractivity contribution >= 4 is 29.9 Å². The Balaban J connectivity index is 3.57. The lowest BCUT2D eigenvalue weighted by molar-refractivity contribution is -0.165. The molecule has 0 spiro atoms. The summed E-state index contributed by atoms with van der Waals surface area (Å²) in [5.74, 6) is -3.26. The molecule has 1 rings (SSSR count). The molecule has 1 aliphatic rings. The lowest BCUT2D eigenvalue weighted by Gasteiger charge is -2.30. The van der Waals surface area contributed by atoms with Gasteiger partial charge in [0.1, 0.15) is 28.4 Å². The average Bonchev–Trinajstić information content (AvgIpc) is 2.80. The van der Waals surface area contributed by atoms with Gasteiger partial charge in [0.15, 0.2) is 0 Å². The van der Waals surface area contributed by atoms with E-state index in [1.807, 2.05) is 0 Å². The van der Waals surface area contributed by atoms with Crippen molar-refractivity contribution in [3.8, 4) is 0 Å². The maximum atomic E-state index is 13.8. The van der Waals surface area contributed by atoms with Crippen LogP contribution >= 0.6 is 0 Å². The second-order valence-corrected chi connectivity index (χ2v) is 13.2. The van der Waals surface area contributed by atoms with Crippen LogP contribution in [0.2, 0.25) is 0 Å². The van der Waals surface area contributed by atoms with Crippen molar-refractivity contribution in [3.05, 3.63) is 0 Å². The first-order chi connectivity index (χ1) is 15.8. The monoisotopic (exact) mass is 513 g/mol. The number of amides is 2. The van der Waals surface area contributed by atoms with Crippen molar-refractivity contribution in [3.63, 3.8) is 0 Å². The van der Waals surface area contributed by atoms with E-state index in [9.17, 15) is 24.0 Å². The largest absolute Gasteiger partial charge is 0.460 e. The van der Waals surface area contributed by atoms with Gasteiger partial charge in [-0.3, -0.25) is 14.4 Å².